The van der Waals surface area contributed by atoms with Crippen molar-refractivity contribution in [2.24, 2.45) is 5.92 Å². The largest absolute Gasteiger partial charge is 0.0645 e. The summed E-state index contributed by atoms with van der Waals surface area (Å²) < 4.78 is 0. The van der Waals surface area contributed by atoms with Crippen molar-refractivity contribution < 1.29 is 0 Å². The average molecular weight is 176 g/mol. The van der Waals surface area contributed by atoms with E-state index in [2.05, 4.69) is 19.9 Å². The quantitative estimate of drug-likeness (QED) is 0.590. The molecule has 0 bridgehead atoms. The highest BCUT2D eigenvalue weighted by molar-refractivity contribution is 5.43. The summed E-state index contributed by atoms with van der Waals surface area (Å²) in [5, 5.41) is 0. The van der Waals surface area contributed by atoms with Crippen LogP contribution in [-0.2, 0) is 0 Å². The van der Waals surface area contributed by atoms with Crippen molar-refractivity contribution in [3.63, 3.8) is 0 Å². The first-order chi connectivity index (χ1) is 6.36. The normalized spacial score (nSPS) is 27.5. The molecule has 0 aromatic heterocycles. The molecule has 0 N–H and O–H groups in total. The number of hydrogen-bond donors (Lipinski definition) is 0. The molecule has 0 amide bonds. The SMILES string of the molecule is CCC1=CC2=C(CCCC2)C1CC. The summed E-state index contributed by atoms with van der Waals surface area (Å²) in [6, 6.07) is 0. The van der Waals surface area contributed by atoms with Crippen LogP contribution in [0.2, 0.25) is 0 Å². The maximum absolute atomic E-state index is 2.50. The van der Waals surface area contributed by atoms with Crippen LogP contribution in [0.4, 0.5) is 0 Å². The van der Waals surface area contributed by atoms with Gasteiger partial charge in [0.1, 0.15) is 0 Å². The molecule has 1 unspecified atom stereocenters. The summed E-state index contributed by atoms with van der Waals surface area (Å²) in [5.74, 6) is 0.834. The third-order valence-electron chi connectivity index (χ3n) is 3.60. The van der Waals surface area contributed by atoms with E-state index < -0.39 is 0 Å². The van der Waals surface area contributed by atoms with Gasteiger partial charge in [0.15, 0.2) is 0 Å². The first-order valence-electron chi connectivity index (χ1n) is 5.79. The van der Waals surface area contributed by atoms with E-state index in [-0.39, 0.29) is 0 Å². The van der Waals surface area contributed by atoms with Crippen molar-refractivity contribution in [2.45, 2.75) is 52.4 Å². The first-order valence-corrected chi connectivity index (χ1v) is 5.79. The van der Waals surface area contributed by atoms with Crippen LogP contribution in [0.5, 0.6) is 0 Å². The van der Waals surface area contributed by atoms with E-state index in [0.29, 0.717) is 0 Å². The van der Waals surface area contributed by atoms with E-state index in [9.17, 15) is 0 Å². The Bertz CT molecular complexity index is 255. The summed E-state index contributed by atoms with van der Waals surface area (Å²) >= 11 is 0. The molecular formula is C13H20. The van der Waals surface area contributed by atoms with Crippen molar-refractivity contribution in [1.82, 2.24) is 0 Å². The Kier molecular flexibility index (Phi) is 2.57. The lowest BCUT2D eigenvalue weighted by molar-refractivity contribution is 0.591. The molecule has 0 aromatic carbocycles. The lowest BCUT2D eigenvalue weighted by Gasteiger charge is -2.20. The minimum absolute atomic E-state index is 0.834. The molecule has 2 aliphatic carbocycles. The molecule has 0 saturated carbocycles. The third kappa shape index (κ3) is 1.47. The fraction of sp³-hybridized carbons (Fsp3) is 0.692. The summed E-state index contributed by atoms with van der Waals surface area (Å²) in [4.78, 5) is 0. The van der Waals surface area contributed by atoms with E-state index in [0.717, 1.165) is 5.92 Å². The molecular weight excluding hydrogens is 156 g/mol. The number of allylic oxidation sites excluding steroid dienone is 4. The second kappa shape index (κ2) is 3.69. The Hall–Kier alpha value is -0.520. The molecule has 0 fully saturated rings. The zero-order valence-electron chi connectivity index (χ0n) is 8.90. The molecule has 0 saturated heterocycles. The van der Waals surface area contributed by atoms with Crippen LogP contribution in [-0.4, -0.2) is 0 Å². The highest BCUT2D eigenvalue weighted by Crippen LogP contribution is 2.42. The smallest absolute Gasteiger partial charge is 0.00132 e. The third-order valence-corrected chi connectivity index (χ3v) is 3.60. The van der Waals surface area contributed by atoms with Gasteiger partial charge >= 0.3 is 0 Å². The average Bonchev–Trinajstić information content (AvgIpc) is 2.55. The second-order valence-electron chi connectivity index (χ2n) is 4.29. The van der Waals surface area contributed by atoms with Gasteiger partial charge in [0, 0.05) is 5.92 Å². The maximum atomic E-state index is 2.50. The van der Waals surface area contributed by atoms with Gasteiger partial charge in [0.05, 0.1) is 0 Å². The van der Waals surface area contributed by atoms with Gasteiger partial charge in [-0.3, -0.25) is 0 Å². The Morgan fingerprint density at radius 1 is 1.23 bits per heavy atom. The van der Waals surface area contributed by atoms with Crippen molar-refractivity contribution in [3.05, 3.63) is 22.8 Å². The zero-order chi connectivity index (χ0) is 9.26. The first kappa shape index (κ1) is 9.05. The van der Waals surface area contributed by atoms with Crippen LogP contribution in [0.1, 0.15) is 52.4 Å². The van der Waals surface area contributed by atoms with E-state index in [1.807, 2.05) is 0 Å². The van der Waals surface area contributed by atoms with Crippen LogP contribution in [0.3, 0.4) is 0 Å². The van der Waals surface area contributed by atoms with Crippen LogP contribution in [0.15, 0.2) is 22.8 Å². The Labute approximate surface area is 81.7 Å². The molecule has 0 nitrogen and oxygen atoms in total. The van der Waals surface area contributed by atoms with Crippen LogP contribution in [0.25, 0.3) is 0 Å². The second-order valence-corrected chi connectivity index (χ2v) is 4.29. The molecule has 0 heteroatoms. The molecule has 0 aliphatic heterocycles. The van der Waals surface area contributed by atoms with Gasteiger partial charge in [-0.25, -0.2) is 0 Å². The maximum Gasteiger partial charge on any atom is 0.00132 e. The van der Waals surface area contributed by atoms with Gasteiger partial charge < -0.3 is 0 Å². The predicted molar refractivity (Wildman–Crippen MR) is 57.6 cm³/mol. The van der Waals surface area contributed by atoms with Crippen molar-refractivity contribution >= 4 is 0 Å². The van der Waals surface area contributed by atoms with Crippen LogP contribution >= 0.6 is 0 Å². The van der Waals surface area contributed by atoms with Gasteiger partial charge in [-0.05, 0) is 44.1 Å². The van der Waals surface area contributed by atoms with Crippen molar-refractivity contribution in [3.8, 4) is 0 Å². The molecule has 0 aromatic rings. The van der Waals surface area contributed by atoms with Crippen molar-refractivity contribution in [1.29, 1.82) is 0 Å². The minimum atomic E-state index is 0.834. The minimum Gasteiger partial charge on any atom is -0.0645 e. The van der Waals surface area contributed by atoms with Crippen molar-refractivity contribution in [2.75, 3.05) is 0 Å². The topological polar surface area (TPSA) is 0 Å². The molecule has 1 atom stereocenters. The molecule has 0 heterocycles. The Balaban J connectivity index is 2.24. The fourth-order valence-corrected chi connectivity index (χ4v) is 2.92. The monoisotopic (exact) mass is 176 g/mol. The van der Waals surface area contributed by atoms with Gasteiger partial charge in [0.25, 0.3) is 0 Å². The van der Waals surface area contributed by atoms with Gasteiger partial charge in [-0.15, -0.1) is 0 Å². The molecule has 72 valence electrons. The predicted octanol–water partition coefficient (Wildman–Crippen LogP) is 4.23. The molecule has 0 spiro atoms. The van der Waals surface area contributed by atoms with E-state index >= 15 is 0 Å². The highest BCUT2D eigenvalue weighted by atomic mass is 14.3. The lowest BCUT2D eigenvalue weighted by Crippen LogP contribution is -2.05. The zero-order valence-corrected chi connectivity index (χ0v) is 8.90. The lowest BCUT2D eigenvalue weighted by atomic mass is 9.85. The van der Waals surface area contributed by atoms with Crippen LogP contribution < -0.4 is 0 Å². The van der Waals surface area contributed by atoms with Gasteiger partial charge in [0.2, 0.25) is 0 Å². The van der Waals surface area contributed by atoms with E-state index in [1.165, 1.54) is 38.5 Å². The summed E-state index contributed by atoms with van der Waals surface area (Å²) in [7, 11) is 0. The summed E-state index contributed by atoms with van der Waals surface area (Å²) in [5.41, 5.74) is 5.20. The van der Waals surface area contributed by atoms with Crippen LogP contribution in [0, 0.1) is 5.92 Å². The highest BCUT2D eigenvalue weighted by Gasteiger charge is 2.26. The Morgan fingerprint density at radius 2 is 2.00 bits per heavy atom. The summed E-state index contributed by atoms with van der Waals surface area (Å²) in [6.45, 7) is 4.63. The van der Waals surface area contributed by atoms with E-state index in [1.54, 1.807) is 16.7 Å². The molecule has 0 radical (unpaired) electrons. The summed E-state index contributed by atoms with van der Waals surface area (Å²) in [6.07, 6.45) is 10.7. The molecule has 2 rings (SSSR count). The Morgan fingerprint density at radius 3 is 2.69 bits per heavy atom. The van der Waals surface area contributed by atoms with Gasteiger partial charge in [-0.2, -0.15) is 0 Å². The molecule has 13 heavy (non-hydrogen) atoms. The standard InChI is InChI=1S/C13H20/c1-3-10-9-11-7-5-6-8-13(11)12(10)4-2/h9,12H,3-8H2,1-2H3. The van der Waals surface area contributed by atoms with E-state index in [4.69, 9.17) is 0 Å². The van der Waals surface area contributed by atoms with Gasteiger partial charge in [-0.1, -0.05) is 31.1 Å². The number of hydrogen-bond acceptors (Lipinski definition) is 0. The molecule has 2 aliphatic rings. The fourth-order valence-electron chi connectivity index (χ4n) is 2.92. The number of rotatable bonds is 2.